The van der Waals surface area contributed by atoms with E-state index in [9.17, 15) is 19.5 Å². The normalized spacial score (nSPS) is 20.4. The molecule has 3 aliphatic heterocycles. The molecule has 0 unspecified atom stereocenters. The standard InChI is InChI=1S/C38H47N5O10/c1-23-18-43(24(2)20-44)36(45)29-15-26(39-37(46)40-27-9-12-31-33(16-27)51-21-49-31)8-11-30(29)53-25(3)7-5-6-14-48-35(23)19-42(4)38(47)41-28-10-13-32-34(17-28)52-22-50-32/h8-13,15-17,23-25,35,44H,5-7,14,18-22H2,1-4H3,(H,41,47)(H2,39,40,46)/t23-,24+,25+,35-/m0/s1. The van der Waals surface area contributed by atoms with Crippen molar-refractivity contribution in [2.24, 2.45) is 5.92 Å². The van der Waals surface area contributed by atoms with Crippen molar-refractivity contribution in [2.45, 2.75) is 58.3 Å². The van der Waals surface area contributed by atoms with Crippen LogP contribution in [-0.4, -0.2) is 98.1 Å². The molecule has 3 aliphatic rings. The van der Waals surface area contributed by atoms with E-state index >= 15 is 0 Å². The summed E-state index contributed by atoms with van der Waals surface area (Å²) in [6.45, 7) is 6.54. The summed E-state index contributed by atoms with van der Waals surface area (Å²) in [6, 6.07) is 13.8. The summed E-state index contributed by atoms with van der Waals surface area (Å²) in [4.78, 5) is 43.9. The first-order valence-corrected chi connectivity index (χ1v) is 17.8. The van der Waals surface area contributed by atoms with Crippen LogP contribution < -0.4 is 39.6 Å². The first-order valence-electron chi connectivity index (χ1n) is 17.8. The fourth-order valence-electron chi connectivity index (χ4n) is 6.28. The highest BCUT2D eigenvalue weighted by Crippen LogP contribution is 2.35. The third-order valence-corrected chi connectivity index (χ3v) is 9.36. The van der Waals surface area contributed by atoms with Crippen molar-refractivity contribution in [1.29, 1.82) is 0 Å². The minimum Gasteiger partial charge on any atom is -0.490 e. The molecular formula is C38H47N5O10. The van der Waals surface area contributed by atoms with E-state index < -0.39 is 18.2 Å². The van der Waals surface area contributed by atoms with Gasteiger partial charge in [0.15, 0.2) is 23.0 Å². The zero-order valence-electron chi connectivity index (χ0n) is 30.4. The average molecular weight is 734 g/mol. The van der Waals surface area contributed by atoms with Gasteiger partial charge in [0.2, 0.25) is 13.6 Å². The Labute approximate surface area is 308 Å². The molecule has 15 heteroatoms. The summed E-state index contributed by atoms with van der Waals surface area (Å²) in [5, 5.41) is 18.8. The summed E-state index contributed by atoms with van der Waals surface area (Å²) < 4.78 is 34.3. The topological polar surface area (TPSA) is 169 Å². The van der Waals surface area contributed by atoms with Crippen LogP contribution in [0.5, 0.6) is 28.7 Å². The summed E-state index contributed by atoms with van der Waals surface area (Å²) in [5.74, 6) is 2.04. The van der Waals surface area contributed by atoms with Crippen molar-refractivity contribution in [3.05, 3.63) is 60.2 Å². The Hall–Kier alpha value is -5.41. The van der Waals surface area contributed by atoms with Crippen molar-refractivity contribution in [3.8, 4) is 28.7 Å². The molecule has 15 nitrogen and oxygen atoms in total. The number of anilines is 3. The molecular weight excluding hydrogens is 686 g/mol. The molecule has 3 aromatic carbocycles. The van der Waals surface area contributed by atoms with E-state index in [1.54, 1.807) is 78.4 Å². The summed E-state index contributed by atoms with van der Waals surface area (Å²) in [7, 11) is 1.69. The number of nitrogens with one attached hydrogen (secondary N) is 3. The number of aliphatic hydroxyl groups excluding tert-OH is 1. The van der Waals surface area contributed by atoms with Crippen molar-refractivity contribution in [3.63, 3.8) is 0 Å². The van der Waals surface area contributed by atoms with Gasteiger partial charge < -0.3 is 59.3 Å². The number of hydrogen-bond donors (Lipinski definition) is 4. The maximum atomic E-state index is 14.5. The predicted molar refractivity (Wildman–Crippen MR) is 196 cm³/mol. The van der Waals surface area contributed by atoms with Crippen molar-refractivity contribution < 1.29 is 47.9 Å². The number of ether oxygens (including phenoxy) is 6. The lowest BCUT2D eigenvalue weighted by Gasteiger charge is -2.35. The maximum absolute atomic E-state index is 14.5. The van der Waals surface area contributed by atoms with Crippen molar-refractivity contribution in [2.75, 3.05) is 62.9 Å². The molecule has 0 bridgehead atoms. The fourth-order valence-corrected chi connectivity index (χ4v) is 6.28. The number of nitrogens with zero attached hydrogens (tertiary/aromatic N) is 2. The molecule has 5 amide bonds. The van der Waals surface area contributed by atoms with Gasteiger partial charge in [-0.15, -0.1) is 0 Å². The van der Waals surface area contributed by atoms with Crippen LogP contribution in [-0.2, 0) is 4.74 Å². The minimum absolute atomic E-state index is 0.116. The van der Waals surface area contributed by atoms with Crippen LogP contribution in [0.3, 0.4) is 0 Å². The predicted octanol–water partition coefficient (Wildman–Crippen LogP) is 5.75. The summed E-state index contributed by atoms with van der Waals surface area (Å²) >= 11 is 0. The highest BCUT2D eigenvalue weighted by atomic mass is 16.7. The second-order valence-corrected chi connectivity index (χ2v) is 13.5. The number of aliphatic hydroxyl groups is 1. The zero-order chi connectivity index (χ0) is 37.5. The van der Waals surface area contributed by atoms with E-state index in [1.807, 2.05) is 13.8 Å². The van der Waals surface area contributed by atoms with Gasteiger partial charge in [0.1, 0.15) is 5.75 Å². The van der Waals surface area contributed by atoms with Gasteiger partial charge in [-0.3, -0.25) is 4.79 Å². The van der Waals surface area contributed by atoms with Crippen LogP contribution in [0.15, 0.2) is 54.6 Å². The van der Waals surface area contributed by atoms with E-state index in [4.69, 9.17) is 28.4 Å². The molecule has 53 heavy (non-hydrogen) atoms. The Balaban J connectivity index is 1.19. The first-order chi connectivity index (χ1) is 25.6. The van der Waals surface area contributed by atoms with E-state index in [0.29, 0.717) is 58.8 Å². The number of rotatable bonds is 7. The molecule has 0 saturated carbocycles. The lowest BCUT2D eigenvalue weighted by molar-refractivity contribution is -0.0115. The third-order valence-electron chi connectivity index (χ3n) is 9.36. The monoisotopic (exact) mass is 733 g/mol. The Kier molecular flexibility index (Phi) is 11.9. The van der Waals surface area contributed by atoms with Crippen molar-refractivity contribution >= 4 is 35.0 Å². The number of amides is 5. The van der Waals surface area contributed by atoms with Gasteiger partial charge in [-0.1, -0.05) is 6.92 Å². The van der Waals surface area contributed by atoms with Crippen LogP contribution in [0.2, 0.25) is 0 Å². The molecule has 0 radical (unpaired) electrons. The Bertz CT molecular complexity index is 1790. The van der Waals surface area contributed by atoms with E-state index in [1.165, 1.54) is 0 Å². The molecule has 0 aliphatic carbocycles. The third kappa shape index (κ3) is 9.34. The number of hydrogen-bond acceptors (Lipinski definition) is 10. The largest absolute Gasteiger partial charge is 0.490 e. The molecule has 0 spiro atoms. The van der Waals surface area contributed by atoms with Crippen LogP contribution in [0.25, 0.3) is 0 Å². The Morgan fingerprint density at radius 2 is 1.43 bits per heavy atom. The lowest BCUT2D eigenvalue weighted by atomic mass is 10.0. The second kappa shape index (κ2) is 16.9. The molecule has 3 aromatic rings. The van der Waals surface area contributed by atoms with Crippen LogP contribution in [0.1, 0.15) is 50.4 Å². The maximum Gasteiger partial charge on any atom is 0.323 e. The molecule has 0 aromatic heterocycles. The van der Waals surface area contributed by atoms with Crippen LogP contribution >= 0.6 is 0 Å². The van der Waals surface area contributed by atoms with Gasteiger partial charge in [0.25, 0.3) is 5.91 Å². The highest BCUT2D eigenvalue weighted by Gasteiger charge is 2.31. The minimum atomic E-state index is -0.568. The first kappa shape index (κ1) is 37.4. The molecule has 6 rings (SSSR count). The fraction of sp³-hybridized carbons (Fsp3) is 0.447. The van der Waals surface area contributed by atoms with Gasteiger partial charge in [-0.05, 0) is 75.6 Å². The number of urea groups is 2. The van der Waals surface area contributed by atoms with Crippen LogP contribution in [0, 0.1) is 5.92 Å². The van der Waals surface area contributed by atoms with Gasteiger partial charge in [-0.2, -0.15) is 0 Å². The quantitative estimate of drug-likeness (QED) is 0.235. The van der Waals surface area contributed by atoms with Gasteiger partial charge >= 0.3 is 12.1 Å². The van der Waals surface area contributed by atoms with Crippen LogP contribution in [0.4, 0.5) is 26.7 Å². The Morgan fingerprint density at radius 3 is 2.08 bits per heavy atom. The van der Waals surface area contributed by atoms with Gasteiger partial charge in [-0.25, -0.2) is 9.59 Å². The van der Waals surface area contributed by atoms with E-state index in [-0.39, 0.29) is 62.8 Å². The summed E-state index contributed by atoms with van der Waals surface area (Å²) in [6.07, 6.45) is 1.64. The highest BCUT2D eigenvalue weighted by molar-refractivity contribution is 6.02. The van der Waals surface area contributed by atoms with E-state index in [0.717, 1.165) is 12.8 Å². The lowest BCUT2D eigenvalue weighted by Crippen LogP contribution is -2.48. The average Bonchev–Trinajstić information content (AvgIpc) is 3.82. The molecule has 3 heterocycles. The SMILES string of the molecule is C[C@@H]1CCCCO[C@@H](CN(C)C(=O)Nc2ccc3c(c2)OCO3)[C@@H](C)CN([C@H](C)CO)C(=O)c2cc(NC(=O)Nc3ccc4c(c3)OCO4)ccc2O1. The molecule has 0 saturated heterocycles. The number of carbonyl (C=O) groups excluding carboxylic acids is 3. The number of likely N-dealkylation sites (N-methyl/N-ethyl adjacent to an activating group) is 1. The second-order valence-electron chi connectivity index (χ2n) is 13.5. The molecule has 0 fully saturated rings. The molecule has 284 valence electrons. The van der Waals surface area contributed by atoms with Gasteiger partial charge in [0, 0.05) is 61.9 Å². The smallest absolute Gasteiger partial charge is 0.323 e. The molecule has 4 N–H and O–H groups in total. The van der Waals surface area contributed by atoms with Gasteiger partial charge in [0.05, 0.1) is 30.4 Å². The Morgan fingerprint density at radius 1 is 0.849 bits per heavy atom. The molecule has 4 atom stereocenters. The zero-order valence-corrected chi connectivity index (χ0v) is 30.4. The number of carbonyl (C=O) groups is 3. The number of fused-ring (bicyclic) bond motifs is 3. The van der Waals surface area contributed by atoms with Crippen molar-refractivity contribution in [1.82, 2.24) is 9.80 Å². The number of benzene rings is 3. The summed E-state index contributed by atoms with van der Waals surface area (Å²) in [5.41, 5.74) is 1.67. The van der Waals surface area contributed by atoms with E-state index in [2.05, 4.69) is 16.0 Å².